The smallest absolute Gasteiger partial charge is 0.243 e. The second kappa shape index (κ2) is 7.34. The lowest BCUT2D eigenvalue weighted by atomic mass is 10.1. The summed E-state index contributed by atoms with van der Waals surface area (Å²) in [7, 11) is -0.618. The molecule has 0 amide bonds. The standard InChI is InChI=1S/C18H23NO4S/c1-13-5-6-14(2)18(11-13)24(21,22)19(3)12-17(20)15-7-9-16(23-4)10-8-15/h5-11,17,20H,12H2,1-4H3. The van der Waals surface area contributed by atoms with Crippen LogP contribution in [0.3, 0.4) is 0 Å². The van der Waals surface area contributed by atoms with E-state index in [0.29, 0.717) is 16.9 Å². The molecular weight excluding hydrogens is 326 g/mol. The SMILES string of the molecule is COc1ccc(C(O)CN(C)S(=O)(=O)c2cc(C)ccc2C)cc1. The fourth-order valence-electron chi connectivity index (χ4n) is 2.43. The number of hydrogen-bond acceptors (Lipinski definition) is 4. The second-order valence-corrected chi connectivity index (χ2v) is 7.86. The van der Waals surface area contributed by atoms with Crippen molar-refractivity contribution in [1.29, 1.82) is 0 Å². The summed E-state index contributed by atoms with van der Waals surface area (Å²) in [4.78, 5) is 0.270. The normalized spacial score (nSPS) is 13.1. The Hall–Kier alpha value is -1.89. The highest BCUT2D eigenvalue weighted by atomic mass is 32.2. The van der Waals surface area contributed by atoms with Crippen LogP contribution >= 0.6 is 0 Å². The Labute approximate surface area is 143 Å². The summed E-state index contributed by atoms with van der Waals surface area (Å²) in [6.07, 6.45) is -0.916. The fraction of sp³-hybridized carbons (Fsp3) is 0.333. The quantitative estimate of drug-likeness (QED) is 0.871. The molecule has 24 heavy (non-hydrogen) atoms. The van der Waals surface area contributed by atoms with Gasteiger partial charge in [0.05, 0.1) is 18.1 Å². The van der Waals surface area contributed by atoms with Gasteiger partial charge in [0.1, 0.15) is 5.75 Å². The molecule has 0 bridgehead atoms. The first-order valence-corrected chi connectivity index (χ1v) is 9.05. The van der Waals surface area contributed by atoms with Gasteiger partial charge in [0.15, 0.2) is 0 Å². The molecule has 1 N–H and O–H groups in total. The van der Waals surface area contributed by atoms with Crippen LogP contribution in [0.15, 0.2) is 47.4 Å². The predicted molar refractivity (Wildman–Crippen MR) is 93.7 cm³/mol. The number of aryl methyl sites for hydroxylation is 2. The van der Waals surface area contributed by atoms with E-state index in [1.54, 1.807) is 50.4 Å². The highest BCUT2D eigenvalue weighted by molar-refractivity contribution is 7.89. The molecule has 0 fully saturated rings. The third-order valence-electron chi connectivity index (χ3n) is 3.96. The van der Waals surface area contributed by atoms with Crippen molar-refractivity contribution in [1.82, 2.24) is 4.31 Å². The van der Waals surface area contributed by atoms with Crippen molar-refractivity contribution in [2.45, 2.75) is 24.8 Å². The van der Waals surface area contributed by atoms with Gasteiger partial charge in [0, 0.05) is 13.6 Å². The Morgan fingerprint density at radius 1 is 1.12 bits per heavy atom. The van der Waals surface area contributed by atoms with Gasteiger partial charge in [0.25, 0.3) is 0 Å². The lowest BCUT2D eigenvalue weighted by Gasteiger charge is -2.22. The van der Waals surface area contributed by atoms with E-state index in [1.165, 1.54) is 11.4 Å². The van der Waals surface area contributed by atoms with Crippen molar-refractivity contribution in [3.63, 3.8) is 0 Å². The average molecular weight is 349 g/mol. The molecule has 0 aliphatic heterocycles. The molecule has 2 aromatic carbocycles. The zero-order valence-corrected chi connectivity index (χ0v) is 15.2. The molecule has 1 atom stereocenters. The summed E-state index contributed by atoms with van der Waals surface area (Å²) >= 11 is 0. The topological polar surface area (TPSA) is 66.8 Å². The van der Waals surface area contributed by atoms with Crippen LogP contribution < -0.4 is 4.74 Å². The van der Waals surface area contributed by atoms with Crippen LogP contribution in [0.5, 0.6) is 5.75 Å². The minimum Gasteiger partial charge on any atom is -0.497 e. The molecule has 0 aliphatic rings. The first-order chi connectivity index (χ1) is 11.3. The summed E-state index contributed by atoms with van der Waals surface area (Å²) in [5.74, 6) is 0.683. The number of likely N-dealkylation sites (N-methyl/N-ethyl adjacent to an activating group) is 1. The monoisotopic (exact) mass is 349 g/mol. The number of methoxy groups -OCH3 is 1. The molecule has 0 spiro atoms. The summed E-state index contributed by atoms with van der Waals surface area (Å²) in [5, 5.41) is 10.3. The Morgan fingerprint density at radius 2 is 1.75 bits per heavy atom. The van der Waals surface area contributed by atoms with Crippen molar-refractivity contribution >= 4 is 10.0 Å². The maximum absolute atomic E-state index is 12.8. The minimum absolute atomic E-state index is 0.0257. The van der Waals surface area contributed by atoms with Crippen LogP contribution in [-0.2, 0) is 10.0 Å². The van der Waals surface area contributed by atoms with E-state index in [-0.39, 0.29) is 11.4 Å². The third-order valence-corrected chi connectivity index (χ3v) is 5.93. The molecule has 0 radical (unpaired) electrons. The van der Waals surface area contributed by atoms with Crippen molar-refractivity contribution in [2.75, 3.05) is 20.7 Å². The molecule has 2 rings (SSSR count). The van der Waals surface area contributed by atoms with E-state index in [4.69, 9.17) is 4.74 Å². The molecule has 0 aliphatic carbocycles. The number of nitrogens with zero attached hydrogens (tertiary/aromatic N) is 1. The number of ether oxygens (including phenoxy) is 1. The molecule has 0 saturated carbocycles. The molecule has 6 heteroatoms. The number of benzene rings is 2. The van der Waals surface area contributed by atoms with Crippen molar-refractivity contribution in [3.05, 3.63) is 59.2 Å². The first kappa shape index (κ1) is 18.4. The molecule has 130 valence electrons. The zero-order chi connectivity index (χ0) is 17.9. The van der Waals surface area contributed by atoms with Crippen molar-refractivity contribution in [2.24, 2.45) is 0 Å². The van der Waals surface area contributed by atoms with E-state index < -0.39 is 16.1 Å². The summed E-state index contributed by atoms with van der Waals surface area (Å²) < 4.78 is 31.8. The summed E-state index contributed by atoms with van der Waals surface area (Å²) in [5.41, 5.74) is 2.20. The van der Waals surface area contributed by atoms with Gasteiger partial charge in [-0.05, 0) is 48.7 Å². The predicted octanol–water partition coefficient (Wildman–Crippen LogP) is 2.67. The van der Waals surface area contributed by atoms with Gasteiger partial charge in [-0.3, -0.25) is 0 Å². The Morgan fingerprint density at radius 3 is 2.33 bits per heavy atom. The molecular formula is C18H23NO4S. The number of aliphatic hydroxyl groups excluding tert-OH is 1. The zero-order valence-electron chi connectivity index (χ0n) is 14.4. The van der Waals surface area contributed by atoms with Gasteiger partial charge in [-0.15, -0.1) is 0 Å². The molecule has 2 aromatic rings. The van der Waals surface area contributed by atoms with E-state index >= 15 is 0 Å². The highest BCUT2D eigenvalue weighted by Gasteiger charge is 2.25. The maximum Gasteiger partial charge on any atom is 0.243 e. The Bertz CT molecular complexity index is 800. The van der Waals surface area contributed by atoms with E-state index in [1.807, 2.05) is 13.0 Å². The largest absolute Gasteiger partial charge is 0.497 e. The van der Waals surface area contributed by atoms with Gasteiger partial charge in [0.2, 0.25) is 10.0 Å². The van der Waals surface area contributed by atoms with Gasteiger partial charge in [-0.25, -0.2) is 8.42 Å². The molecule has 0 heterocycles. The van der Waals surface area contributed by atoms with Crippen LogP contribution in [0.25, 0.3) is 0 Å². The lowest BCUT2D eigenvalue weighted by molar-refractivity contribution is 0.155. The third kappa shape index (κ3) is 3.95. The second-order valence-electron chi connectivity index (χ2n) is 5.84. The van der Waals surface area contributed by atoms with Crippen LogP contribution in [0, 0.1) is 13.8 Å². The van der Waals surface area contributed by atoms with Crippen LogP contribution in [0.4, 0.5) is 0 Å². The van der Waals surface area contributed by atoms with E-state index in [9.17, 15) is 13.5 Å². The van der Waals surface area contributed by atoms with Crippen LogP contribution in [0.2, 0.25) is 0 Å². The van der Waals surface area contributed by atoms with E-state index in [0.717, 1.165) is 5.56 Å². The van der Waals surface area contributed by atoms with Crippen molar-refractivity contribution in [3.8, 4) is 5.75 Å². The fourth-order valence-corrected chi connectivity index (χ4v) is 3.91. The van der Waals surface area contributed by atoms with Crippen LogP contribution in [-0.4, -0.2) is 38.5 Å². The number of hydrogen-bond donors (Lipinski definition) is 1. The van der Waals surface area contributed by atoms with Gasteiger partial charge in [-0.1, -0.05) is 24.3 Å². The number of sulfonamides is 1. The van der Waals surface area contributed by atoms with Gasteiger partial charge < -0.3 is 9.84 Å². The molecule has 5 nitrogen and oxygen atoms in total. The Balaban J connectivity index is 2.20. The van der Waals surface area contributed by atoms with E-state index in [2.05, 4.69) is 0 Å². The molecule has 1 unspecified atom stereocenters. The first-order valence-electron chi connectivity index (χ1n) is 7.61. The number of rotatable bonds is 6. The van der Waals surface area contributed by atoms with Crippen molar-refractivity contribution < 1.29 is 18.3 Å². The maximum atomic E-state index is 12.8. The molecule has 0 aromatic heterocycles. The van der Waals surface area contributed by atoms with Crippen LogP contribution in [0.1, 0.15) is 22.8 Å². The molecule has 0 saturated heterocycles. The Kier molecular flexibility index (Phi) is 5.64. The summed E-state index contributed by atoms with van der Waals surface area (Å²) in [6.45, 7) is 3.59. The van der Waals surface area contributed by atoms with Gasteiger partial charge in [-0.2, -0.15) is 4.31 Å². The minimum atomic E-state index is -3.66. The van der Waals surface area contributed by atoms with Gasteiger partial charge >= 0.3 is 0 Å². The average Bonchev–Trinajstić information content (AvgIpc) is 2.56. The summed E-state index contributed by atoms with van der Waals surface area (Å²) in [6, 6.07) is 12.2. The highest BCUT2D eigenvalue weighted by Crippen LogP contribution is 2.23. The lowest BCUT2D eigenvalue weighted by Crippen LogP contribution is -2.31. The number of aliphatic hydroxyl groups is 1.